The number of rotatable bonds is 3. The summed E-state index contributed by atoms with van der Waals surface area (Å²) in [5.41, 5.74) is -1.18. The van der Waals surface area contributed by atoms with Gasteiger partial charge in [-0.15, -0.1) is 0 Å². The van der Waals surface area contributed by atoms with Crippen molar-refractivity contribution < 1.29 is 17.6 Å². The van der Waals surface area contributed by atoms with Gasteiger partial charge in [0.25, 0.3) is 6.08 Å². The van der Waals surface area contributed by atoms with E-state index in [0.29, 0.717) is 0 Å². The highest BCUT2D eigenvalue weighted by atomic mass is 19.3. The Morgan fingerprint density at radius 1 is 0.600 bits per heavy atom. The summed E-state index contributed by atoms with van der Waals surface area (Å²) in [6.45, 7) is 0. The summed E-state index contributed by atoms with van der Waals surface area (Å²) in [5, 5.41) is 0. The zero-order valence-corrected chi connectivity index (χ0v) is 10.3. The SMILES string of the molecule is FC(F)=C(/C(F)=C(\F)c1ccccc1)c1ccccc1. The van der Waals surface area contributed by atoms with Gasteiger partial charge < -0.3 is 0 Å². The fraction of sp³-hybridized carbons (Fsp3) is 0. The third-order valence-corrected chi connectivity index (χ3v) is 2.69. The lowest BCUT2D eigenvalue weighted by Gasteiger charge is -2.06. The number of halogens is 4. The van der Waals surface area contributed by atoms with Crippen LogP contribution in [-0.4, -0.2) is 0 Å². The Morgan fingerprint density at radius 3 is 1.50 bits per heavy atom. The average molecular weight is 278 g/mol. The number of benzene rings is 2. The maximum absolute atomic E-state index is 14.0. The van der Waals surface area contributed by atoms with E-state index < -0.39 is 23.3 Å². The molecule has 2 aromatic rings. The molecular formula is C16H10F4. The quantitative estimate of drug-likeness (QED) is 0.506. The fourth-order valence-corrected chi connectivity index (χ4v) is 1.74. The molecule has 0 heterocycles. The van der Waals surface area contributed by atoms with Gasteiger partial charge in [0.2, 0.25) is 0 Å². The highest BCUT2D eigenvalue weighted by Gasteiger charge is 2.20. The summed E-state index contributed by atoms with van der Waals surface area (Å²) in [5.74, 6) is -2.88. The van der Waals surface area contributed by atoms with Crippen LogP contribution >= 0.6 is 0 Å². The molecule has 0 saturated carbocycles. The molecule has 0 aliphatic rings. The van der Waals surface area contributed by atoms with Gasteiger partial charge in [0.1, 0.15) is 0 Å². The minimum absolute atomic E-state index is 0.0731. The van der Waals surface area contributed by atoms with Gasteiger partial charge in [-0.3, -0.25) is 0 Å². The molecule has 0 atom stereocenters. The van der Waals surface area contributed by atoms with Gasteiger partial charge in [-0.25, -0.2) is 8.78 Å². The van der Waals surface area contributed by atoms with Crippen LogP contribution in [0, 0.1) is 0 Å². The smallest absolute Gasteiger partial charge is 0.203 e. The van der Waals surface area contributed by atoms with Crippen LogP contribution in [-0.2, 0) is 0 Å². The van der Waals surface area contributed by atoms with E-state index in [1.54, 1.807) is 12.1 Å². The van der Waals surface area contributed by atoms with Gasteiger partial charge >= 0.3 is 0 Å². The Morgan fingerprint density at radius 2 is 1.05 bits per heavy atom. The van der Waals surface area contributed by atoms with Crippen molar-refractivity contribution in [2.75, 3.05) is 0 Å². The Bertz CT molecular complexity index is 639. The molecule has 102 valence electrons. The van der Waals surface area contributed by atoms with Crippen LogP contribution in [0.5, 0.6) is 0 Å². The molecule has 0 radical (unpaired) electrons. The predicted octanol–water partition coefficient (Wildman–Crippen LogP) is 5.60. The highest BCUT2D eigenvalue weighted by Crippen LogP contribution is 2.35. The lowest BCUT2D eigenvalue weighted by Crippen LogP contribution is -1.90. The molecule has 0 nitrogen and oxygen atoms in total. The third kappa shape index (κ3) is 2.96. The zero-order valence-electron chi connectivity index (χ0n) is 10.3. The first-order valence-corrected chi connectivity index (χ1v) is 5.83. The van der Waals surface area contributed by atoms with Crippen LogP contribution in [0.1, 0.15) is 11.1 Å². The molecular weight excluding hydrogens is 268 g/mol. The van der Waals surface area contributed by atoms with Gasteiger partial charge in [0, 0.05) is 5.56 Å². The van der Waals surface area contributed by atoms with E-state index in [1.807, 2.05) is 0 Å². The summed E-state index contributed by atoms with van der Waals surface area (Å²) in [7, 11) is 0. The summed E-state index contributed by atoms with van der Waals surface area (Å²) in [4.78, 5) is 0. The summed E-state index contributed by atoms with van der Waals surface area (Å²) in [6.07, 6.45) is -2.26. The summed E-state index contributed by atoms with van der Waals surface area (Å²) < 4.78 is 53.9. The topological polar surface area (TPSA) is 0 Å². The maximum Gasteiger partial charge on any atom is 0.281 e. The van der Waals surface area contributed by atoms with Crippen molar-refractivity contribution in [3.63, 3.8) is 0 Å². The van der Waals surface area contributed by atoms with E-state index >= 15 is 0 Å². The standard InChI is InChI=1S/C16H10F4/c17-14(12-9-5-2-6-10-12)15(18)13(16(19)20)11-7-3-1-4-8-11/h1-10H/b15-14+. The normalized spacial score (nSPS) is 11.8. The molecule has 2 aromatic carbocycles. The molecule has 0 aromatic heterocycles. The molecule has 0 N–H and O–H groups in total. The lowest BCUT2D eigenvalue weighted by molar-refractivity contribution is 0.422. The first-order valence-electron chi connectivity index (χ1n) is 5.83. The molecule has 0 fully saturated rings. The van der Waals surface area contributed by atoms with E-state index in [-0.39, 0.29) is 11.1 Å². The second-order valence-corrected chi connectivity index (χ2v) is 4.00. The zero-order chi connectivity index (χ0) is 14.5. The van der Waals surface area contributed by atoms with Crippen LogP contribution in [0.3, 0.4) is 0 Å². The summed E-state index contributed by atoms with van der Waals surface area (Å²) >= 11 is 0. The lowest BCUT2D eigenvalue weighted by atomic mass is 10.0. The van der Waals surface area contributed by atoms with Crippen molar-refractivity contribution in [1.82, 2.24) is 0 Å². The second kappa shape index (κ2) is 6.19. The van der Waals surface area contributed by atoms with Crippen molar-refractivity contribution in [3.8, 4) is 0 Å². The molecule has 0 amide bonds. The summed E-state index contributed by atoms with van der Waals surface area (Å²) in [6, 6.07) is 14.4. The number of allylic oxidation sites excluding steroid dienone is 2. The van der Waals surface area contributed by atoms with Gasteiger partial charge in [-0.05, 0) is 5.56 Å². The largest absolute Gasteiger partial charge is 0.281 e. The molecule has 20 heavy (non-hydrogen) atoms. The van der Waals surface area contributed by atoms with Gasteiger partial charge in [0.05, 0.1) is 5.57 Å². The minimum Gasteiger partial charge on any atom is -0.203 e. The predicted molar refractivity (Wildman–Crippen MR) is 71.2 cm³/mol. The van der Waals surface area contributed by atoms with Crippen LogP contribution in [0.25, 0.3) is 11.4 Å². The first kappa shape index (κ1) is 14.1. The highest BCUT2D eigenvalue weighted by molar-refractivity contribution is 5.85. The monoisotopic (exact) mass is 278 g/mol. The Kier molecular flexibility index (Phi) is 4.35. The van der Waals surface area contributed by atoms with Crippen molar-refractivity contribution in [2.24, 2.45) is 0 Å². The number of hydrogen-bond acceptors (Lipinski definition) is 0. The van der Waals surface area contributed by atoms with E-state index in [4.69, 9.17) is 0 Å². The van der Waals surface area contributed by atoms with Gasteiger partial charge in [-0.1, -0.05) is 60.7 Å². The minimum atomic E-state index is -2.26. The average Bonchev–Trinajstić information content (AvgIpc) is 2.48. The van der Waals surface area contributed by atoms with Crippen LogP contribution < -0.4 is 0 Å². The Labute approximate surface area is 113 Å². The third-order valence-electron chi connectivity index (χ3n) is 2.69. The van der Waals surface area contributed by atoms with Crippen molar-refractivity contribution in [3.05, 3.63) is 83.7 Å². The molecule has 0 bridgehead atoms. The first-order chi connectivity index (χ1) is 9.61. The molecule has 2 rings (SSSR count). The van der Waals surface area contributed by atoms with Crippen LogP contribution in [0.2, 0.25) is 0 Å². The van der Waals surface area contributed by atoms with E-state index in [1.165, 1.54) is 48.5 Å². The molecule has 0 spiro atoms. The van der Waals surface area contributed by atoms with Gasteiger partial charge in [0.15, 0.2) is 11.7 Å². The maximum atomic E-state index is 14.0. The van der Waals surface area contributed by atoms with Crippen molar-refractivity contribution >= 4 is 11.4 Å². The number of hydrogen-bond donors (Lipinski definition) is 0. The Hall–Kier alpha value is -2.36. The Balaban J connectivity index is 2.54. The molecule has 0 aliphatic heterocycles. The molecule has 0 saturated heterocycles. The van der Waals surface area contributed by atoms with E-state index in [2.05, 4.69) is 0 Å². The molecule has 0 aliphatic carbocycles. The van der Waals surface area contributed by atoms with Crippen LogP contribution in [0.4, 0.5) is 17.6 Å². The van der Waals surface area contributed by atoms with E-state index in [0.717, 1.165) is 0 Å². The van der Waals surface area contributed by atoms with Crippen LogP contribution in [0.15, 0.2) is 72.6 Å². The molecule has 0 unspecified atom stereocenters. The van der Waals surface area contributed by atoms with Gasteiger partial charge in [-0.2, -0.15) is 8.78 Å². The van der Waals surface area contributed by atoms with Crippen molar-refractivity contribution in [2.45, 2.75) is 0 Å². The second-order valence-electron chi connectivity index (χ2n) is 4.00. The van der Waals surface area contributed by atoms with E-state index in [9.17, 15) is 17.6 Å². The fourth-order valence-electron chi connectivity index (χ4n) is 1.74. The van der Waals surface area contributed by atoms with Crippen molar-refractivity contribution in [1.29, 1.82) is 0 Å². The molecule has 4 heteroatoms.